The second-order valence-electron chi connectivity index (χ2n) is 4.39. The van der Waals surface area contributed by atoms with Gasteiger partial charge in [-0.3, -0.25) is 0 Å². The maximum absolute atomic E-state index is 11.7. The van der Waals surface area contributed by atoms with E-state index in [1.165, 1.54) is 21.9 Å². The highest BCUT2D eigenvalue weighted by Crippen LogP contribution is 2.30. The Morgan fingerprint density at radius 3 is 2.79 bits per heavy atom. The number of esters is 1. The van der Waals surface area contributed by atoms with Crippen molar-refractivity contribution in [1.29, 1.82) is 0 Å². The summed E-state index contributed by atoms with van der Waals surface area (Å²) < 4.78 is 29.6. The Morgan fingerprint density at radius 2 is 2.26 bits per heavy atom. The molecule has 0 aromatic carbocycles. The molecule has 106 valence electrons. The van der Waals surface area contributed by atoms with Crippen LogP contribution in [0.5, 0.6) is 0 Å². The van der Waals surface area contributed by atoms with Crippen LogP contribution < -0.4 is 0 Å². The van der Waals surface area contributed by atoms with Crippen molar-refractivity contribution in [1.82, 2.24) is 9.29 Å². The minimum Gasteiger partial charge on any atom is -0.461 e. The van der Waals surface area contributed by atoms with Crippen LogP contribution in [0, 0.1) is 0 Å². The average Bonchev–Trinajstić information content (AvgIpc) is 3.03. The van der Waals surface area contributed by atoms with Crippen LogP contribution in [0.25, 0.3) is 0 Å². The first kappa shape index (κ1) is 14.4. The molecule has 2 rings (SSSR count). The fraction of sp³-hybridized carbons (Fsp3) is 0.636. The van der Waals surface area contributed by atoms with Gasteiger partial charge in [0.25, 0.3) is 0 Å². The molecule has 1 heterocycles. The van der Waals surface area contributed by atoms with Gasteiger partial charge in [-0.2, -0.15) is 4.31 Å². The molecule has 8 heteroatoms. The van der Waals surface area contributed by atoms with Gasteiger partial charge in [0.2, 0.25) is 10.0 Å². The summed E-state index contributed by atoms with van der Waals surface area (Å²) in [7, 11) is -3.24. The summed E-state index contributed by atoms with van der Waals surface area (Å²) in [6.07, 6.45) is 2.98. The lowest BCUT2D eigenvalue weighted by molar-refractivity contribution is 0.0520. The van der Waals surface area contributed by atoms with Crippen molar-refractivity contribution < 1.29 is 17.9 Å². The van der Waals surface area contributed by atoms with Gasteiger partial charge in [0, 0.05) is 11.4 Å². The van der Waals surface area contributed by atoms with Crippen LogP contribution >= 0.6 is 11.3 Å². The van der Waals surface area contributed by atoms with Gasteiger partial charge in [-0.25, -0.2) is 18.2 Å². The minimum absolute atomic E-state index is 0.0879. The zero-order valence-corrected chi connectivity index (χ0v) is 12.5. The second-order valence-corrected chi connectivity index (χ2v) is 7.26. The number of ether oxygens (including phenoxy) is 1. The third-order valence-corrected chi connectivity index (χ3v) is 4.82. The molecule has 0 amide bonds. The van der Waals surface area contributed by atoms with Crippen LogP contribution in [0.2, 0.25) is 0 Å². The highest BCUT2D eigenvalue weighted by molar-refractivity contribution is 7.88. The molecular formula is C11H16N2O4S2. The Balaban J connectivity index is 2.08. The number of hydrogen-bond acceptors (Lipinski definition) is 6. The van der Waals surface area contributed by atoms with Crippen molar-refractivity contribution in [3.05, 3.63) is 16.1 Å². The molecule has 1 fully saturated rings. The van der Waals surface area contributed by atoms with E-state index in [-0.39, 0.29) is 18.3 Å². The quantitative estimate of drug-likeness (QED) is 0.739. The minimum atomic E-state index is -3.24. The maximum atomic E-state index is 11.7. The Kier molecular flexibility index (Phi) is 4.22. The summed E-state index contributed by atoms with van der Waals surface area (Å²) in [5.41, 5.74) is 0.242. The summed E-state index contributed by atoms with van der Waals surface area (Å²) >= 11 is 1.28. The van der Waals surface area contributed by atoms with Crippen molar-refractivity contribution in [2.45, 2.75) is 32.4 Å². The van der Waals surface area contributed by atoms with Crippen molar-refractivity contribution in [2.75, 3.05) is 12.9 Å². The zero-order chi connectivity index (χ0) is 14.0. The third kappa shape index (κ3) is 3.74. The molecule has 1 aromatic rings. The number of nitrogens with zero attached hydrogens (tertiary/aromatic N) is 2. The predicted octanol–water partition coefficient (Wildman–Crippen LogP) is 1.24. The van der Waals surface area contributed by atoms with E-state index in [0.717, 1.165) is 12.8 Å². The Hall–Kier alpha value is -0.990. The van der Waals surface area contributed by atoms with Crippen LogP contribution in [0.3, 0.4) is 0 Å². The van der Waals surface area contributed by atoms with Crippen LogP contribution in [-0.2, 0) is 21.3 Å². The molecule has 1 aliphatic rings. The molecule has 0 radical (unpaired) electrons. The van der Waals surface area contributed by atoms with E-state index in [4.69, 9.17) is 4.74 Å². The van der Waals surface area contributed by atoms with Gasteiger partial charge in [0.15, 0.2) is 5.69 Å². The molecule has 1 aromatic heterocycles. The van der Waals surface area contributed by atoms with E-state index in [2.05, 4.69) is 4.98 Å². The van der Waals surface area contributed by atoms with E-state index in [0.29, 0.717) is 11.6 Å². The Morgan fingerprint density at radius 1 is 1.58 bits per heavy atom. The fourth-order valence-electron chi connectivity index (χ4n) is 1.70. The predicted molar refractivity (Wildman–Crippen MR) is 71.5 cm³/mol. The highest BCUT2D eigenvalue weighted by Gasteiger charge is 2.35. The fourth-order valence-corrected chi connectivity index (χ4v) is 3.65. The Bertz CT molecular complexity index is 563. The van der Waals surface area contributed by atoms with Gasteiger partial charge in [0.1, 0.15) is 5.01 Å². The molecule has 0 N–H and O–H groups in total. The van der Waals surface area contributed by atoms with Gasteiger partial charge in [-0.05, 0) is 19.8 Å². The number of aromatic nitrogens is 1. The number of sulfonamides is 1. The monoisotopic (exact) mass is 304 g/mol. The second kappa shape index (κ2) is 5.56. The van der Waals surface area contributed by atoms with Crippen molar-refractivity contribution in [3.8, 4) is 0 Å². The SMILES string of the molecule is CCOC(=O)c1csc(CN(C2CC2)S(C)(=O)=O)n1. The van der Waals surface area contributed by atoms with Gasteiger partial charge in [-0.1, -0.05) is 0 Å². The van der Waals surface area contributed by atoms with Crippen LogP contribution in [0.1, 0.15) is 35.3 Å². The topological polar surface area (TPSA) is 76.6 Å². The summed E-state index contributed by atoms with van der Waals surface area (Å²) in [4.78, 5) is 15.6. The molecule has 0 spiro atoms. The third-order valence-electron chi connectivity index (χ3n) is 2.71. The van der Waals surface area contributed by atoms with Gasteiger partial charge in [0.05, 0.1) is 19.4 Å². The van der Waals surface area contributed by atoms with E-state index >= 15 is 0 Å². The number of hydrogen-bond donors (Lipinski definition) is 0. The van der Waals surface area contributed by atoms with Gasteiger partial charge < -0.3 is 4.74 Å². The first-order valence-electron chi connectivity index (χ1n) is 6.00. The number of carbonyl (C=O) groups is 1. The number of carbonyl (C=O) groups excluding carboxylic acids is 1. The van der Waals surface area contributed by atoms with Crippen LogP contribution in [0.4, 0.5) is 0 Å². The molecular weight excluding hydrogens is 288 g/mol. The van der Waals surface area contributed by atoms with E-state index in [9.17, 15) is 13.2 Å². The average molecular weight is 304 g/mol. The molecule has 1 saturated carbocycles. The molecule has 19 heavy (non-hydrogen) atoms. The molecule has 0 aliphatic heterocycles. The summed E-state index contributed by atoms with van der Waals surface area (Å²) in [5.74, 6) is -0.470. The molecule has 0 atom stereocenters. The molecule has 0 unspecified atom stereocenters. The lowest BCUT2D eigenvalue weighted by Crippen LogP contribution is -2.31. The van der Waals surface area contributed by atoms with Crippen LogP contribution in [0.15, 0.2) is 5.38 Å². The first-order valence-corrected chi connectivity index (χ1v) is 8.73. The lowest BCUT2D eigenvalue weighted by atomic mass is 10.5. The van der Waals surface area contributed by atoms with Gasteiger partial charge >= 0.3 is 5.97 Å². The highest BCUT2D eigenvalue weighted by atomic mass is 32.2. The number of thiazole rings is 1. The smallest absolute Gasteiger partial charge is 0.357 e. The standard InChI is InChI=1S/C11H16N2O4S2/c1-3-17-11(14)9-7-18-10(12-9)6-13(8-4-5-8)19(2,15)16/h7-8H,3-6H2,1-2H3. The molecule has 0 saturated heterocycles. The van der Waals surface area contributed by atoms with Crippen molar-refractivity contribution in [3.63, 3.8) is 0 Å². The summed E-state index contributed by atoms with van der Waals surface area (Å²) in [5, 5.41) is 2.21. The maximum Gasteiger partial charge on any atom is 0.357 e. The molecule has 1 aliphatic carbocycles. The Labute approximate surface area is 116 Å². The van der Waals surface area contributed by atoms with E-state index in [1.54, 1.807) is 12.3 Å². The lowest BCUT2D eigenvalue weighted by Gasteiger charge is -2.17. The number of rotatable bonds is 6. The normalized spacial score (nSPS) is 15.7. The zero-order valence-electron chi connectivity index (χ0n) is 10.8. The van der Waals surface area contributed by atoms with E-state index in [1.807, 2.05) is 0 Å². The van der Waals surface area contributed by atoms with Crippen molar-refractivity contribution >= 4 is 27.3 Å². The van der Waals surface area contributed by atoms with Gasteiger partial charge in [-0.15, -0.1) is 11.3 Å². The van der Waals surface area contributed by atoms with E-state index < -0.39 is 16.0 Å². The molecule has 0 bridgehead atoms. The largest absolute Gasteiger partial charge is 0.461 e. The summed E-state index contributed by atoms with van der Waals surface area (Å²) in [6, 6.07) is 0.0879. The van der Waals surface area contributed by atoms with Crippen molar-refractivity contribution in [2.24, 2.45) is 0 Å². The molecule has 6 nitrogen and oxygen atoms in total. The van der Waals surface area contributed by atoms with Crippen LogP contribution in [-0.4, -0.2) is 42.6 Å². The summed E-state index contributed by atoms with van der Waals surface area (Å²) in [6.45, 7) is 2.25. The first-order chi connectivity index (χ1) is 8.91.